The number of nitrogens with zero attached hydrogens (tertiary/aromatic N) is 3. The number of hydrogen-bond donors (Lipinski definition) is 2. The Morgan fingerprint density at radius 1 is 1.15 bits per heavy atom. The number of benzene rings is 1. The van der Waals surface area contributed by atoms with Crippen molar-refractivity contribution in [1.29, 1.82) is 0 Å². The maximum Gasteiger partial charge on any atom is 0.330 e. The van der Waals surface area contributed by atoms with Crippen LogP contribution in [-0.4, -0.2) is 33.8 Å². The molecule has 10 heteroatoms. The van der Waals surface area contributed by atoms with Gasteiger partial charge in [0, 0.05) is 31.5 Å². The van der Waals surface area contributed by atoms with Crippen molar-refractivity contribution in [2.45, 2.75) is 59.4 Å². The molecular formula is C24H31N5O5. The average Bonchev–Trinajstić information content (AvgIpc) is 3.13. The van der Waals surface area contributed by atoms with Crippen molar-refractivity contribution in [3.63, 3.8) is 0 Å². The van der Waals surface area contributed by atoms with E-state index in [1.807, 2.05) is 20.8 Å². The van der Waals surface area contributed by atoms with Crippen LogP contribution in [0.15, 0.2) is 33.9 Å². The van der Waals surface area contributed by atoms with E-state index in [-0.39, 0.29) is 54.2 Å². The van der Waals surface area contributed by atoms with Gasteiger partial charge in [0.2, 0.25) is 11.8 Å². The summed E-state index contributed by atoms with van der Waals surface area (Å²) in [5.74, 6) is -1.00. The molecule has 10 nitrogen and oxygen atoms in total. The number of nitrogens with one attached hydrogen (secondary N) is 1. The monoisotopic (exact) mass is 469 g/mol. The zero-order valence-electron chi connectivity index (χ0n) is 19.8. The molecule has 3 rings (SSSR count). The largest absolute Gasteiger partial charge is 0.383 e. The zero-order valence-corrected chi connectivity index (χ0v) is 19.8. The second kappa shape index (κ2) is 10.5. The molecule has 1 saturated heterocycles. The van der Waals surface area contributed by atoms with Gasteiger partial charge in [-0.15, -0.1) is 0 Å². The predicted molar refractivity (Wildman–Crippen MR) is 130 cm³/mol. The van der Waals surface area contributed by atoms with Gasteiger partial charge in [-0.05, 0) is 37.0 Å². The van der Waals surface area contributed by atoms with Gasteiger partial charge in [-0.3, -0.25) is 33.6 Å². The lowest BCUT2D eigenvalue weighted by molar-refractivity contribution is -0.121. The molecule has 2 aromatic rings. The van der Waals surface area contributed by atoms with Crippen LogP contribution in [0.1, 0.15) is 63.2 Å². The van der Waals surface area contributed by atoms with Crippen LogP contribution in [0.3, 0.4) is 0 Å². The number of amides is 3. The van der Waals surface area contributed by atoms with Crippen LogP contribution in [0, 0.1) is 5.92 Å². The van der Waals surface area contributed by atoms with Crippen LogP contribution in [0.5, 0.6) is 0 Å². The third-order valence-corrected chi connectivity index (χ3v) is 5.80. The minimum Gasteiger partial charge on any atom is -0.383 e. The van der Waals surface area contributed by atoms with Gasteiger partial charge in [0.1, 0.15) is 5.82 Å². The molecule has 1 aliphatic rings. The molecule has 2 heterocycles. The highest BCUT2D eigenvalue weighted by atomic mass is 16.2. The number of H-pyrrole nitrogens is 1. The van der Waals surface area contributed by atoms with Crippen LogP contribution in [0.25, 0.3) is 0 Å². The summed E-state index contributed by atoms with van der Waals surface area (Å²) in [7, 11) is 0. The van der Waals surface area contributed by atoms with E-state index in [1.54, 1.807) is 18.2 Å². The fourth-order valence-electron chi connectivity index (χ4n) is 3.88. The van der Waals surface area contributed by atoms with Gasteiger partial charge >= 0.3 is 5.69 Å². The molecular weight excluding hydrogens is 438 g/mol. The number of unbranched alkanes of at least 4 members (excludes halogenated alkanes) is 1. The van der Waals surface area contributed by atoms with E-state index in [4.69, 9.17) is 5.73 Å². The highest BCUT2D eigenvalue weighted by Crippen LogP contribution is 2.26. The van der Waals surface area contributed by atoms with Crippen LogP contribution in [0.2, 0.25) is 0 Å². The lowest BCUT2D eigenvalue weighted by Gasteiger charge is -2.26. The van der Waals surface area contributed by atoms with Crippen molar-refractivity contribution in [3.05, 3.63) is 50.7 Å². The summed E-state index contributed by atoms with van der Waals surface area (Å²) in [6.07, 6.45) is 2.33. The third-order valence-electron chi connectivity index (χ3n) is 5.80. The summed E-state index contributed by atoms with van der Waals surface area (Å²) in [5.41, 5.74) is 5.32. The van der Waals surface area contributed by atoms with Crippen LogP contribution < -0.4 is 26.8 Å². The first-order valence-corrected chi connectivity index (χ1v) is 11.6. The highest BCUT2D eigenvalue weighted by Gasteiger charge is 2.31. The Morgan fingerprint density at radius 2 is 1.82 bits per heavy atom. The topological polar surface area (TPSA) is 139 Å². The van der Waals surface area contributed by atoms with Crippen molar-refractivity contribution in [2.24, 2.45) is 5.92 Å². The van der Waals surface area contributed by atoms with E-state index in [0.717, 1.165) is 11.3 Å². The molecule has 182 valence electrons. The maximum absolute atomic E-state index is 13.6. The smallest absolute Gasteiger partial charge is 0.330 e. The van der Waals surface area contributed by atoms with Crippen LogP contribution >= 0.6 is 0 Å². The highest BCUT2D eigenvalue weighted by molar-refractivity contribution is 6.20. The molecule has 0 spiro atoms. The SMILES string of the molecule is CCCCn1c(N)c(N(CCC(C)C)C(=O)c2cccc(N3C(=O)CCC3=O)c2)c(=O)[nH]c1=O. The Bertz CT molecular complexity index is 1200. The van der Waals surface area contributed by atoms with Crippen molar-refractivity contribution in [1.82, 2.24) is 9.55 Å². The Hall–Kier alpha value is -3.69. The molecule has 0 radical (unpaired) electrons. The number of nitrogens with two attached hydrogens (primary N) is 1. The minimum atomic E-state index is -0.742. The number of carbonyl (C=O) groups excluding carboxylic acids is 3. The van der Waals surface area contributed by atoms with Gasteiger partial charge < -0.3 is 10.6 Å². The van der Waals surface area contributed by atoms with E-state index < -0.39 is 17.2 Å². The number of aromatic amines is 1. The van der Waals surface area contributed by atoms with Gasteiger partial charge in [-0.1, -0.05) is 33.3 Å². The normalized spacial score (nSPS) is 13.7. The molecule has 0 unspecified atom stereocenters. The van der Waals surface area contributed by atoms with Crippen molar-refractivity contribution in [2.75, 3.05) is 22.1 Å². The lowest BCUT2D eigenvalue weighted by atomic mass is 10.1. The first-order valence-electron chi connectivity index (χ1n) is 11.6. The first-order chi connectivity index (χ1) is 16.1. The molecule has 1 aromatic carbocycles. The van der Waals surface area contributed by atoms with E-state index in [2.05, 4.69) is 4.98 Å². The van der Waals surface area contributed by atoms with Gasteiger partial charge in [-0.2, -0.15) is 0 Å². The molecule has 34 heavy (non-hydrogen) atoms. The van der Waals surface area contributed by atoms with Crippen molar-refractivity contribution >= 4 is 34.9 Å². The summed E-state index contributed by atoms with van der Waals surface area (Å²) < 4.78 is 1.27. The molecule has 0 aliphatic carbocycles. The van der Waals surface area contributed by atoms with E-state index >= 15 is 0 Å². The van der Waals surface area contributed by atoms with E-state index in [0.29, 0.717) is 25.1 Å². The quantitative estimate of drug-likeness (QED) is 0.540. The number of rotatable bonds is 9. The second-order valence-corrected chi connectivity index (χ2v) is 8.81. The van der Waals surface area contributed by atoms with Crippen LogP contribution in [0.4, 0.5) is 17.2 Å². The van der Waals surface area contributed by atoms with Gasteiger partial charge in [0.25, 0.3) is 11.5 Å². The molecule has 3 amide bonds. The van der Waals surface area contributed by atoms with Crippen LogP contribution in [-0.2, 0) is 16.1 Å². The molecule has 0 bridgehead atoms. The predicted octanol–water partition coefficient (Wildman–Crippen LogP) is 2.27. The number of carbonyl (C=O) groups is 3. The minimum absolute atomic E-state index is 0.0691. The van der Waals surface area contributed by atoms with Gasteiger partial charge in [0.05, 0.1) is 5.69 Å². The summed E-state index contributed by atoms with van der Waals surface area (Å²) >= 11 is 0. The molecule has 0 saturated carbocycles. The van der Waals surface area contributed by atoms with Crippen molar-refractivity contribution < 1.29 is 14.4 Å². The van der Waals surface area contributed by atoms with E-state index in [1.165, 1.54) is 15.5 Å². The fourth-order valence-corrected chi connectivity index (χ4v) is 3.88. The first kappa shape index (κ1) is 24.9. The molecule has 0 atom stereocenters. The van der Waals surface area contributed by atoms with Gasteiger partial charge in [0.15, 0.2) is 5.69 Å². The average molecular weight is 470 g/mol. The molecule has 1 fully saturated rings. The summed E-state index contributed by atoms with van der Waals surface area (Å²) in [6.45, 7) is 6.45. The molecule has 1 aliphatic heterocycles. The summed E-state index contributed by atoms with van der Waals surface area (Å²) in [5, 5.41) is 0. The fraction of sp³-hybridized carbons (Fsp3) is 0.458. The third kappa shape index (κ3) is 5.11. The summed E-state index contributed by atoms with van der Waals surface area (Å²) in [6, 6.07) is 6.18. The second-order valence-electron chi connectivity index (χ2n) is 8.81. The standard InChI is InChI=1S/C24H31N5O5/c1-4-5-12-28-21(25)20(22(32)26-24(28)34)27(13-11-15(2)3)23(33)16-7-6-8-17(14-16)29-18(30)9-10-19(29)31/h6-8,14-15H,4-5,9-13,25H2,1-3H3,(H,26,32,34). The number of hydrogen-bond acceptors (Lipinski definition) is 6. The maximum atomic E-state index is 13.6. The number of nitrogen functional groups attached to an aromatic ring is 1. The molecule has 3 N–H and O–H groups in total. The van der Waals surface area contributed by atoms with Crippen molar-refractivity contribution in [3.8, 4) is 0 Å². The van der Waals surface area contributed by atoms with Gasteiger partial charge in [-0.25, -0.2) is 4.79 Å². The number of aromatic nitrogens is 2. The zero-order chi connectivity index (χ0) is 25.0. The Labute approximate surface area is 197 Å². The molecule has 1 aromatic heterocycles. The Morgan fingerprint density at radius 3 is 2.44 bits per heavy atom. The lowest BCUT2D eigenvalue weighted by Crippen LogP contribution is -2.42. The number of anilines is 3. The van der Waals surface area contributed by atoms with E-state index in [9.17, 15) is 24.0 Å². The number of imide groups is 1. The Balaban J connectivity index is 2.08. The Kier molecular flexibility index (Phi) is 7.70. The summed E-state index contributed by atoms with van der Waals surface area (Å²) in [4.78, 5) is 67.8.